The molecule has 0 saturated heterocycles. The van der Waals surface area contributed by atoms with Crippen LogP contribution in [-0.2, 0) is 0 Å². The SMILES string of the molecule is OC1c2ccccc2-c2cccc(C3=CC=CC3)c21. The molecule has 0 heterocycles. The second-order valence-electron chi connectivity index (χ2n) is 5.08. The summed E-state index contributed by atoms with van der Waals surface area (Å²) in [5.41, 5.74) is 6.91. The molecule has 19 heavy (non-hydrogen) atoms. The van der Waals surface area contributed by atoms with Crippen molar-refractivity contribution in [1.82, 2.24) is 0 Å². The Kier molecular flexibility index (Phi) is 2.23. The van der Waals surface area contributed by atoms with Gasteiger partial charge in [-0.25, -0.2) is 0 Å². The van der Waals surface area contributed by atoms with Gasteiger partial charge in [0.15, 0.2) is 0 Å². The molecular weight excluding hydrogens is 232 g/mol. The molecule has 4 rings (SSSR count). The summed E-state index contributed by atoms with van der Waals surface area (Å²) in [6, 6.07) is 14.4. The Labute approximate surface area is 112 Å². The number of hydrogen-bond donors (Lipinski definition) is 1. The summed E-state index contributed by atoms with van der Waals surface area (Å²) in [4.78, 5) is 0. The largest absolute Gasteiger partial charge is 0.384 e. The lowest BCUT2D eigenvalue weighted by atomic mass is 9.94. The van der Waals surface area contributed by atoms with Crippen LogP contribution < -0.4 is 0 Å². The summed E-state index contributed by atoms with van der Waals surface area (Å²) in [6.07, 6.45) is 6.85. The van der Waals surface area contributed by atoms with E-state index in [0.717, 1.165) is 17.5 Å². The minimum atomic E-state index is -0.496. The van der Waals surface area contributed by atoms with E-state index in [0.29, 0.717) is 0 Å². The maximum atomic E-state index is 10.6. The van der Waals surface area contributed by atoms with E-state index in [1.54, 1.807) is 0 Å². The van der Waals surface area contributed by atoms with Gasteiger partial charge in [-0.2, -0.15) is 0 Å². The Hall–Kier alpha value is -2.12. The van der Waals surface area contributed by atoms with E-state index in [1.165, 1.54) is 22.3 Å². The van der Waals surface area contributed by atoms with Crippen molar-refractivity contribution in [1.29, 1.82) is 0 Å². The van der Waals surface area contributed by atoms with Crippen LogP contribution in [0.2, 0.25) is 0 Å². The van der Waals surface area contributed by atoms with Gasteiger partial charge in [0.1, 0.15) is 6.10 Å². The van der Waals surface area contributed by atoms with Crippen molar-refractivity contribution in [3.05, 3.63) is 77.4 Å². The maximum Gasteiger partial charge on any atom is 0.106 e. The molecule has 0 aliphatic heterocycles. The van der Waals surface area contributed by atoms with Crippen LogP contribution in [0.15, 0.2) is 60.7 Å². The Balaban J connectivity index is 1.97. The van der Waals surface area contributed by atoms with Crippen molar-refractivity contribution in [2.45, 2.75) is 12.5 Å². The van der Waals surface area contributed by atoms with Crippen molar-refractivity contribution in [2.75, 3.05) is 0 Å². The second-order valence-corrected chi connectivity index (χ2v) is 5.08. The monoisotopic (exact) mass is 246 g/mol. The number of fused-ring (bicyclic) bond motifs is 3. The van der Waals surface area contributed by atoms with Gasteiger partial charge in [-0.3, -0.25) is 0 Å². The van der Waals surface area contributed by atoms with E-state index in [2.05, 4.69) is 42.5 Å². The summed E-state index contributed by atoms with van der Waals surface area (Å²) in [6.45, 7) is 0. The van der Waals surface area contributed by atoms with Crippen molar-refractivity contribution in [3.63, 3.8) is 0 Å². The molecule has 2 aliphatic carbocycles. The van der Waals surface area contributed by atoms with Gasteiger partial charge in [-0.05, 0) is 34.2 Å². The first kappa shape index (κ1) is 10.8. The molecular formula is C18H14O. The quantitative estimate of drug-likeness (QED) is 0.803. The van der Waals surface area contributed by atoms with E-state index >= 15 is 0 Å². The Bertz CT molecular complexity index is 722. The molecule has 0 aromatic heterocycles. The first-order chi connectivity index (χ1) is 9.36. The van der Waals surface area contributed by atoms with Crippen LogP contribution in [0.4, 0.5) is 0 Å². The minimum absolute atomic E-state index is 0.496. The molecule has 2 aromatic rings. The number of aliphatic hydroxyl groups is 1. The first-order valence-corrected chi connectivity index (χ1v) is 6.62. The topological polar surface area (TPSA) is 20.2 Å². The van der Waals surface area contributed by atoms with Crippen LogP contribution >= 0.6 is 0 Å². The van der Waals surface area contributed by atoms with Gasteiger partial charge in [0.05, 0.1) is 0 Å². The molecule has 0 fully saturated rings. The number of allylic oxidation sites excluding steroid dienone is 4. The van der Waals surface area contributed by atoms with Gasteiger partial charge >= 0.3 is 0 Å². The zero-order valence-electron chi connectivity index (χ0n) is 10.5. The Morgan fingerprint density at radius 3 is 2.53 bits per heavy atom. The lowest BCUT2D eigenvalue weighted by Gasteiger charge is -2.13. The molecule has 0 saturated carbocycles. The van der Waals surface area contributed by atoms with Crippen molar-refractivity contribution in [2.24, 2.45) is 0 Å². The van der Waals surface area contributed by atoms with Crippen LogP contribution in [0, 0.1) is 0 Å². The Morgan fingerprint density at radius 2 is 1.68 bits per heavy atom. The fourth-order valence-electron chi connectivity index (χ4n) is 3.16. The average molecular weight is 246 g/mol. The normalized spacial score (nSPS) is 19.2. The lowest BCUT2D eigenvalue weighted by molar-refractivity contribution is 0.225. The molecule has 2 aliphatic rings. The highest BCUT2D eigenvalue weighted by Gasteiger charge is 2.29. The number of benzene rings is 2. The molecule has 0 bridgehead atoms. The molecule has 2 aromatic carbocycles. The van der Waals surface area contributed by atoms with Gasteiger partial charge < -0.3 is 5.11 Å². The van der Waals surface area contributed by atoms with Crippen LogP contribution in [0.3, 0.4) is 0 Å². The number of rotatable bonds is 1. The summed E-state index contributed by atoms with van der Waals surface area (Å²) in [7, 11) is 0. The van der Waals surface area contributed by atoms with Gasteiger partial charge in [-0.1, -0.05) is 60.7 Å². The highest BCUT2D eigenvalue weighted by Crippen LogP contribution is 2.46. The molecule has 92 valence electrons. The summed E-state index contributed by atoms with van der Waals surface area (Å²) in [5.74, 6) is 0. The molecule has 1 N–H and O–H groups in total. The van der Waals surface area contributed by atoms with Crippen LogP contribution in [0.5, 0.6) is 0 Å². The molecule has 1 atom stereocenters. The molecule has 1 unspecified atom stereocenters. The zero-order chi connectivity index (χ0) is 12.8. The third-order valence-corrected chi connectivity index (χ3v) is 4.04. The summed E-state index contributed by atoms with van der Waals surface area (Å²) < 4.78 is 0. The first-order valence-electron chi connectivity index (χ1n) is 6.62. The van der Waals surface area contributed by atoms with Crippen molar-refractivity contribution < 1.29 is 5.11 Å². The average Bonchev–Trinajstić information content (AvgIpc) is 3.08. The molecule has 0 radical (unpaired) electrons. The smallest absolute Gasteiger partial charge is 0.106 e. The molecule has 1 heteroatoms. The van der Waals surface area contributed by atoms with Gasteiger partial charge in [-0.15, -0.1) is 0 Å². The van der Waals surface area contributed by atoms with Gasteiger partial charge in [0, 0.05) is 5.56 Å². The van der Waals surface area contributed by atoms with Gasteiger partial charge in [0.2, 0.25) is 0 Å². The van der Waals surface area contributed by atoms with Gasteiger partial charge in [0.25, 0.3) is 0 Å². The fraction of sp³-hybridized carbons (Fsp3) is 0.111. The summed E-state index contributed by atoms with van der Waals surface area (Å²) >= 11 is 0. The number of aliphatic hydroxyl groups excluding tert-OH is 1. The van der Waals surface area contributed by atoms with Crippen LogP contribution in [0.25, 0.3) is 16.7 Å². The highest BCUT2D eigenvalue weighted by atomic mass is 16.3. The third-order valence-electron chi connectivity index (χ3n) is 4.04. The van der Waals surface area contributed by atoms with E-state index in [9.17, 15) is 5.11 Å². The van der Waals surface area contributed by atoms with E-state index in [-0.39, 0.29) is 0 Å². The van der Waals surface area contributed by atoms with Crippen molar-refractivity contribution in [3.8, 4) is 11.1 Å². The standard InChI is InChI=1S/C18H14O/c19-18-16-9-4-3-8-14(16)15-11-5-10-13(17(15)18)12-6-1-2-7-12/h1-6,8-11,18-19H,7H2. The van der Waals surface area contributed by atoms with E-state index in [1.807, 2.05) is 18.2 Å². The predicted octanol–water partition coefficient (Wildman–Crippen LogP) is 4.09. The third kappa shape index (κ3) is 1.45. The fourth-order valence-corrected chi connectivity index (χ4v) is 3.16. The Morgan fingerprint density at radius 1 is 0.895 bits per heavy atom. The van der Waals surface area contributed by atoms with E-state index < -0.39 is 6.10 Å². The summed E-state index contributed by atoms with van der Waals surface area (Å²) in [5, 5.41) is 10.6. The zero-order valence-corrected chi connectivity index (χ0v) is 10.5. The maximum absolute atomic E-state index is 10.6. The molecule has 1 nitrogen and oxygen atoms in total. The highest BCUT2D eigenvalue weighted by molar-refractivity contribution is 5.85. The van der Waals surface area contributed by atoms with Crippen LogP contribution in [0.1, 0.15) is 29.2 Å². The van der Waals surface area contributed by atoms with Crippen LogP contribution in [-0.4, -0.2) is 5.11 Å². The van der Waals surface area contributed by atoms with Crippen molar-refractivity contribution >= 4 is 5.57 Å². The molecule has 0 amide bonds. The second kappa shape index (κ2) is 3.94. The lowest BCUT2D eigenvalue weighted by Crippen LogP contribution is -1.98. The molecule has 0 spiro atoms. The predicted molar refractivity (Wildman–Crippen MR) is 77.7 cm³/mol. The minimum Gasteiger partial charge on any atom is -0.384 e. The number of hydrogen-bond acceptors (Lipinski definition) is 1. The van der Waals surface area contributed by atoms with E-state index in [4.69, 9.17) is 0 Å².